The van der Waals surface area contributed by atoms with E-state index in [-0.39, 0.29) is 17.2 Å². The number of para-hydroxylation sites is 1. The summed E-state index contributed by atoms with van der Waals surface area (Å²) in [5, 5.41) is 24.1. The fraction of sp³-hybridized carbons (Fsp3) is 0.241. The van der Waals surface area contributed by atoms with Gasteiger partial charge >= 0.3 is 11.7 Å². The zero-order valence-electron chi connectivity index (χ0n) is 22.0. The van der Waals surface area contributed by atoms with Gasteiger partial charge in [0.1, 0.15) is 5.69 Å². The van der Waals surface area contributed by atoms with Gasteiger partial charge < -0.3 is 5.11 Å². The van der Waals surface area contributed by atoms with Crippen LogP contribution in [0.15, 0.2) is 71.8 Å². The Hall–Kier alpha value is -4.86. The molecule has 3 heterocycles. The minimum absolute atomic E-state index is 0.0431. The number of carboxylic acid groups (broad SMARTS) is 1. The van der Waals surface area contributed by atoms with Crippen molar-refractivity contribution >= 4 is 5.97 Å². The average Bonchev–Trinajstić information content (AvgIpc) is 3.58. The molecule has 0 spiro atoms. The number of aromatic carboxylic acids is 1. The standard InChI is InChI=1S/C29H29N7O3/c1-4-7-21-17-36(26-22(18(2)3)8-5-9-24(26)28(37)38)29(39)35(21)16-19-11-13-20(14-12-19)23-10-6-15-30-25(23)27-31-33-34-32-27/h5-6,8-15,17-18H,4,7,16H2,1-3H3,(H,37,38)(H,31,32,33,34). The van der Waals surface area contributed by atoms with Gasteiger partial charge in [0.2, 0.25) is 5.82 Å². The summed E-state index contributed by atoms with van der Waals surface area (Å²) in [5.74, 6) is -0.605. The second-order valence-corrected chi connectivity index (χ2v) is 9.64. The summed E-state index contributed by atoms with van der Waals surface area (Å²) in [6.07, 6.45) is 5.01. The Bertz CT molecular complexity index is 1670. The molecule has 5 rings (SSSR count). The number of benzene rings is 2. The van der Waals surface area contributed by atoms with Crippen LogP contribution in [0.1, 0.15) is 60.3 Å². The van der Waals surface area contributed by atoms with E-state index in [9.17, 15) is 14.7 Å². The first kappa shape index (κ1) is 25.8. The van der Waals surface area contributed by atoms with Crippen LogP contribution in [0.2, 0.25) is 0 Å². The monoisotopic (exact) mass is 523 g/mol. The molecule has 0 unspecified atom stereocenters. The number of rotatable bonds is 9. The van der Waals surface area contributed by atoms with Crippen molar-refractivity contribution in [3.63, 3.8) is 0 Å². The lowest BCUT2D eigenvalue weighted by molar-refractivity contribution is 0.0696. The van der Waals surface area contributed by atoms with E-state index in [4.69, 9.17) is 0 Å². The summed E-state index contributed by atoms with van der Waals surface area (Å²) >= 11 is 0. The zero-order valence-corrected chi connectivity index (χ0v) is 22.0. The average molecular weight is 524 g/mol. The first-order valence-electron chi connectivity index (χ1n) is 12.8. The highest BCUT2D eigenvalue weighted by Crippen LogP contribution is 2.29. The van der Waals surface area contributed by atoms with Gasteiger partial charge in [-0.25, -0.2) is 9.59 Å². The third kappa shape index (κ3) is 5.00. The van der Waals surface area contributed by atoms with Gasteiger partial charge in [-0.3, -0.25) is 14.1 Å². The molecule has 2 N–H and O–H groups in total. The molecule has 39 heavy (non-hydrogen) atoms. The minimum Gasteiger partial charge on any atom is -0.478 e. The fourth-order valence-electron chi connectivity index (χ4n) is 4.83. The van der Waals surface area contributed by atoms with E-state index in [1.165, 1.54) is 4.57 Å². The van der Waals surface area contributed by atoms with Gasteiger partial charge in [0.25, 0.3) is 0 Å². The Morgan fingerprint density at radius 1 is 1.08 bits per heavy atom. The van der Waals surface area contributed by atoms with Crippen LogP contribution in [0.4, 0.5) is 0 Å². The summed E-state index contributed by atoms with van der Waals surface area (Å²) in [4.78, 5) is 30.3. The molecular formula is C29H29N7O3. The van der Waals surface area contributed by atoms with E-state index in [0.717, 1.165) is 34.4 Å². The van der Waals surface area contributed by atoms with Crippen molar-refractivity contribution in [1.29, 1.82) is 0 Å². The molecule has 0 radical (unpaired) electrons. The molecule has 0 aliphatic rings. The number of carboxylic acids is 1. The van der Waals surface area contributed by atoms with Crippen LogP contribution in [0.25, 0.3) is 28.3 Å². The number of H-pyrrole nitrogens is 1. The predicted molar refractivity (Wildman–Crippen MR) is 147 cm³/mol. The van der Waals surface area contributed by atoms with Crippen molar-refractivity contribution < 1.29 is 9.90 Å². The number of pyridine rings is 1. The molecule has 2 aromatic carbocycles. The van der Waals surface area contributed by atoms with Crippen LogP contribution < -0.4 is 5.69 Å². The Morgan fingerprint density at radius 2 is 1.87 bits per heavy atom. The number of aromatic nitrogens is 7. The van der Waals surface area contributed by atoms with Crippen molar-refractivity contribution in [2.24, 2.45) is 0 Å². The summed E-state index contributed by atoms with van der Waals surface area (Å²) < 4.78 is 3.24. The highest BCUT2D eigenvalue weighted by Gasteiger charge is 2.22. The number of nitrogens with zero attached hydrogens (tertiary/aromatic N) is 6. The van der Waals surface area contributed by atoms with Crippen LogP contribution in [-0.2, 0) is 13.0 Å². The normalized spacial score (nSPS) is 11.3. The molecular weight excluding hydrogens is 494 g/mol. The molecule has 3 aromatic heterocycles. The largest absolute Gasteiger partial charge is 0.478 e. The fourth-order valence-corrected chi connectivity index (χ4v) is 4.83. The molecule has 10 heteroatoms. The smallest absolute Gasteiger partial charge is 0.337 e. The quantitative estimate of drug-likeness (QED) is 0.286. The zero-order chi connectivity index (χ0) is 27.5. The van der Waals surface area contributed by atoms with Gasteiger partial charge in [-0.2, -0.15) is 5.21 Å². The molecule has 0 fully saturated rings. The number of carbonyl (C=O) groups is 1. The Balaban J connectivity index is 1.53. The first-order valence-corrected chi connectivity index (χ1v) is 12.8. The van der Waals surface area contributed by atoms with Crippen LogP contribution in [0, 0.1) is 0 Å². The molecule has 0 aliphatic carbocycles. The lowest BCUT2D eigenvalue weighted by atomic mass is 9.97. The maximum atomic E-state index is 13.8. The second kappa shape index (κ2) is 10.9. The molecule has 0 aliphatic heterocycles. The van der Waals surface area contributed by atoms with E-state index in [2.05, 4.69) is 32.5 Å². The highest BCUT2D eigenvalue weighted by atomic mass is 16.4. The van der Waals surface area contributed by atoms with E-state index in [1.54, 1.807) is 29.1 Å². The molecule has 5 aromatic rings. The van der Waals surface area contributed by atoms with Crippen LogP contribution in [0.3, 0.4) is 0 Å². The van der Waals surface area contributed by atoms with Crippen molar-refractivity contribution in [2.45, 2.75) is 46.1 Å². The third-order valence-corrected chi connectivity index (χ3v) is 6.70. The van der Waals surface area contributed by atoms with E-state index >= 15 is 0 Å². The number of aromatic amines is 1. The highest BCUT2D eigenvalue weighted by molar-refractivity contribution is 5.92. The second-order valence-electron chi connectivity index (χ2n) is 9.64. The Morgan fingerprint density at radius 3 is 2.54 bits per heavy atom. The summed E-state index contributed by atoms with van der Waals surface area (Å²) in [6, 6.07) is 16.9. The lowest BCUT2D eigenvalue weighted by Crippen LogP contribution is -2.26. The SMILES string of the molecule is CCCc1cn(-c2c(C(=O)O)cccc2C(C)C)c(=O)n1Cc1ccc(-c2cccnc2-c2nn[nH]n2)cc1. The lowest BCUT2D eigenvalue weighted by Gasteiger charge is -2.15. The van der Waals surface area contributed by atoms with Gasteiger partial charge in [-0.15, -0.1) is 10.2 Å². The van der Waals surface area contributed by atoms with E-state index in [0.29, 0.717) is 30.2 Å². The van der Waals surface area contributed by atoms with Crippen molar-refractivity contribution in [3.8, 4) is 28.3 Å². The summed E-state index contributed by atoms with van der Waals surface area (Å²) in [5.41, 5.74) is 5.32. The van der Waals surface area contributed by atoms with Gasteiger partial charge in [0.05, 0.1) is 17.8 Å². The molecule has 0 atom stereocenters. The van der Waals surface area contributed by atoms with Crippen molar-refractivity contribution in [2.75, 3.05) is 0 Å². The number of imidazole rings is 1. The molecule has 0 saturated heterocycles. The summed E-state index contributed by atoms with van der Waals surface area (Å²) in [6.45, 7) is 6.40. The molecule has 0 saturated carbocycles. The molecule has 0 amide bonds. The van der Waals surface area contributed by atoms with Crippen molar-refractivity contribution in [1.82, 2.24) is 34.7 Å². The summed E-state index contributed by atoms with van der Waals surface area (Å²) in [7, 11) is 0. The van der Waals surface area contributed by atoms with Crippen LogP contribution in [-0.4, -0.2) is 45.8 Å². The number of hydrogen-bond donors (Lipinski definition) is 2. The van der Waals surface area contributed by atoms with Crippen LogP contribution in [0.5, 0.6) is 0 Å². The van der Waals surface area contributed by atoms with Gasteiger partial charge in [0.15, 0.2) is 0 Å². The van der Waals surface area contributed by atoms with E-state index < -0.39 is 5.97 Å². The third-order valence-electron chi connectivity index (χ3n) is 6.70. The number of tetrazole rings is 1. The predicted octanol–water partition coefficient (Wildman–Crippen LogP) is 4.70. The first-order chi connectivity index (χ1) is 18.9. The Kier molecular flexibility index (Phi) is 7.18. The molecule has 198 valence electrons. The molecule has 0 bridgehead atoms. The number of aryl methyl sites for hydroxylation is 1. The molecule has 10 nitrogen and oxygen atoms in total. The maximum absolute atomic E-state index is 13.8. The maximum Gasteiger partial charge on any atom is 0.337 e. The topological polar surface area (TPSA) is 132 Å². The van der Waals surface area contributed by atoms with Gasteiger partial charge in [0, 0.05) is 23.7 Å². The van der Waals surface area contributed by atoms with Crippen molar-refractivity contribution in [3.05, 3.63) is 99.9 Å². The Labute approximate surface area is 225 Å². The number of hydrogen-bond acceptors (Lipinski definition) is 6. The number of nitrogens with one attached hydrogen (secondary N) is 1. The van der Waals surface area contributed by atoms with Gasteiger partial charge in [-0.05, 0) is 46.4 Å². The minimum atomic E-state index is -1.06. The van der Waals surface area contributed by atoms with E-state index in [1.807, 2.05) is 56.3 Å². The van der Waals surface area contributed by atoms with Crippen LogP contribution >= 0.6 is 0 Å². The van der Waals surface area contributed by atoms with Gasteiger partial charge in [-0.1, -0.05) is 69.7 Å².